The lowest BCUT2D eigenvalue weighted by atomic mass is 9.97. The Balaban J connectivity index is 1.76. The summed E-state index contributed by atoms with van der Waals surface area (Å²) in [5.41, 5.74) is -0.219. The molecule has 1 aromatic carbocycles. The number of aliphatic hydroxyl groups is 6. The molecule has 2 aliphatic rings. The third-order valence-electron chi connectivity index (χ3n) is 5.23. The molecule has 0 spiro atoms. The number of rotatable bonds is 7. The molecule has 0 bridgehead atoms. The number of halogens is 1. The first-order valence-corrected chi connectivity index (χ1v) is 9.62. The number of alkyl halides is 1. The minimum Gasteiger partial charge on any atom is -0.462 e. The highest BCUT2D eigenvalue weighted by atomic mass is 19.1. The van der Waals surface area contributed by atoms with Crippen LogP contribution in [-0.4, -0.2) is 110 Å². The van der Waals surface area contributed by atoms with Gasteiger partial charge < -0.3 is 49.6 Å². The lowest BCUT2D eigenvalue weighted by Crippen LogP contribution is -2.65. The van der Waals surface area contributed by atoms with Crippen molar-refractivity contribution in [3.8, 4) is 5.75 Å². The zero-order valence-corrected chi connectivity index (χ0v) is 16.5. The van der Waals surface area contributed by atoms with Crippen molar-refractivity contribution in [1.29, 1.82) is 0 Å². The molecule has 2 fully saturated rings. The maximum absolute atomic E-state index is 13.4. The van der Waals surface area contributed by atoms with E-state index in [1.54, 1.807) is 0 Å². The standard InChI is InChI=1S/C18H24FNO12/c19-5-9-12(23)16(32-17-14(25)13(24)11(22)10(6-21)31-17)15(26)18(30-9)29-8-3-1-7(2-4-8)20(27)28/h1-4,9-18,21-26H,5-6H2/t9-,10-,11-,12-,13+,14+,15+,16+,17-,18+/m1/s1. The molecule has 2 aliphatic heterocycles. The zero-order chi connectivity index (χ0) is 23.6. The topological polar surface area (TPSA) is 201 Å². The number of aliphatic hydroxyl groups excluding tert-OH is 6. The van der Waals surface area contributed by atoms with Gasteiger partial charge in [0.1, 0.15) is 61.3 Å². The summed E-state index contributed by atoms with van der Waals surface area (Å²) in [6, 6.07) is 4.70. The molecule has 0 unspecified atom stereocenters. The van der Waals surface area contributed by atoms with Crippen molar-refractivity contribution in [3.63, 3.8) is 0 Å². The third-order valence-corrected chi connectivity index (χ3v) is 5.23. The predicted octanol–water partition coefficient (Wildman–Crippen LogP) is -2.43. The Kier molecular flexibility index (Phi) is 7.92. The van der Waals surface area contributed by atoms with Gasteiger partial charge >= 0.3 is 0 Å². The molecular formula is C18H24FNO12. The van der Waals surface area contributed by atoms with Gasteiger partial charge in [0.15, 0.2) is 6.29 Å². The van der Waals surface area contributed by atoms with Gasteiger partial charge in [0.2, 0.25) is 6.29 Å². The monoisotopic (exact) mass is 465 g/mol. The molecule has 0 amide bonds. The maximum atomic E-state index is 13.4. The van der Waals surface area contributed by atoms with Gasteiger partial charge in [0.25, 0.3) is 5.69 Å². The smallest absolute Gasteiger partial charge is 0.269 e. The second-order valence-electron chi connectivity index (χ2n) is 7.35. The van der Waals surface area contributed by atoms with E-state index in [4.69, 9.17) is 18.9 Å². The van der Waals surface area contributed by atoms with Crippen LogP contribution in [-0.2, 0) is 14.2 Å². The number of nitro benzene ring substituents is 1. The highest BCUT2D eigenvalue weighted by Crippen LogP contribution is 2.31. The Labute approximate surface area is 180 Å². The fourth-order valence-electron chi connectivity index (χ4n) is 3.40. The van der Waals surface area contributed by atoms with Crippen molar-refractivity contribution >= 4 is 5.69 Å². The number of hydrogen-bond donors (Lipinski definition) is 6. The second kappa shape index (κ2) is 10.3. The van der Waals surface area contributed by atoms with E-state index in [1.807, 2.05) is 0 Å². The molecule has 0 aliphatic carbocycles. The molecule has 0 aromatic heterocycles. The highest BCUT2D eigenvalue weighted by Gasteiger charge is 2.51. The first-order valence-electron chi connectivity index (χ1n) is 9.62. The molecule has 2 saturated heterocycles. The lowest BCUT2D eigenvalue weighted by Gasteiger charge is -2.45. The Morgan fingerprint density at radius 3 is 2.09 bits per heavy atom. The number of hydrogen-bond acceptors (Lipinski definition) is 12. The van der Waals surface area contributed by atoms with Crippen LogP contribution in [0, 0.1) is 10.1 Å². The highest BCUT2D eigenvalue weighted by molar-refractivity contribution is 5.36. The SMILES string of the molecule is O=[N+]([O-])c1ccc(O[C@H]2O[C@H](CF)[C@@H](O)[C@H](O[C@H]3O[C@H](CO)[C@@H](O)[C@H](O)[C@@H]3O)[C@@H]2O)cc1. The van der Waals surface area contributed by atoms with Crippen molar-refractivity contribution in [1.82, 2.24) is 0 Å². The largest absolute Gasteiger partial charge is 0.462 e. The molecule has 2 heterocycles. The molecule has 0 radical (unpaired) electrons. The van der Waals surface area contributed by atoms with E-state index in [0.717, 1.165) is 12.1 Å². The van der Waals surface area contributed by atoms with Crippen LogP contribution >= 0.6 is 0 Å². The summed E-state index contributed by atoms with van der Waals surface area (Å²) in [5.74, 6) is 0.0280. The number of nitro groups is 1. The Morgan fingerprint density at radius 1 is 0.906 bits per heavy atom. The maximum Gasteiger partial charge on any atom is 0.269 e. The van der Waals surface area contributed by atoms with Crippen LogP contribution in [0.2, 0.25) is 0 Å². The molecule has 1 aromatic rings. The fraction of sp³-hybridized carbons (Fsp3) is 0.667. The minimum absolute atomic E-state index is 0.0280. The molecular weight excluding hydrogens is 441 g/mol. The van der Waals surface area contributed by atoms with Gasteiger partial charge in [-0.15, -0.1) is 0 Å². The quantitative estimate of drug-likeness (QED) is 0.184. The summed E-state index contributed by atoms with van der Waals surface area (Å²) in [4.78, 5) is 10.1. The molecule has 3 rings (SSSR count). The summed E-state index contributed by atoms with van der Waals surface area (Å²) in [6.07, 6.45) is -16.5. The summed E-state index contributed by atoms with van der Waals surface area (Å²) in [6.45, 7) is -1.94. The molecule has 13 nitrogen and oxygen atoms in total. The van der Waals surface area contributed by atoms with Crippen LogP contribution in [0.5, 0.6) is 5.75 Å². The molecule has 0 saturated carbocycles. The Bertz CT molecular complexity index is 767. The average molecular weight is 465 g/mol. The van der Waals surface area contributed by atoms with E-state index in [0.29, 0.717) is 0 Å². The van der Waals surface area contributed by atoms with Crippen molar-refractivity contribution in [3.05, 3.63) is 34.4 Å². The van der Waals surface area contributed by atoms with E-state index in [-0.39, 0.29) is 11.4 Å². The Hall–Kier alpha value is -2.01. The molecule has 14 heteroatoms. The van der Waals surface area contributed by atoms with Crippen molar-refractivity contribution in [2.75, 3.05) is 13.3 Å². The lowest BCUT2D eigenvalue weighted by molar-refractivity contribution is -0.384. The van der Waals surface area contributed by atoms with E-state index in [9.17, 15) is 45.1 Å². The van der Waals surface area contributed by atoms with Gasteiger partial charge in [0, 0.05) is 12.1 Å². The van der Waals surface area contributed by atoms with E-state index in [2.05, 4.69) is 0 Å². The molecule has 32 heavy (non-hydrogen) atoms. The second-order valence-corrected chi connectivity index (χ2v) is 7.35. The summed E-state index contributed by atoms with van der Waals surface area (Å²) < 4.78 is 34.7. The third kappa shape index (κ3) is 4.98. The van der Waals surface area contributed by atoms with Crippen molar-refractivity contribution in [2.45, 2.75) is 61.4 Å². The molecule has 6 N–H and O–H groups in total. The van der Waals surface area contributed by atoms with Crippen LogP contribution in [0.25, 0.3) is 0 Å². The predicted molar refractivity (Wildman–Crippen MR) is 99.0 cm³/mol. The number of ether oxygens (including phenoxy) is 4. The van der Waals surface area contributed by atoms with Gasteiger partial charge in [-0.25, -0.2) is 4.39 Å². The van der Waals surface area contributed by atoms with Crippen LogP contribution < -0.4 is 4.74 Å². The van der Waals surface area contributed by atoms with Gasteiger partial charge in [-0.3, -0.25) is 10.1 Å². The van der Waals surface area contributed by atoms with E-state index < -0.39 is 79.6 Å². The van der Waals surface area contributed by atoms with Crippen LogP contribution in [0.1, 0.15) is 0 Å². The molecule has 180 valence electrons. The number of benzene rings is 1. The number of nitrogens with zero attached hydrogens (tertiary/aromatic N) is 1. The molecule has 10 atom stereocenters. The zero-order valence-electron chi connectivity index (χ0n) is 16.5. The Morgan fingerprint density at radius 2 is 1.53 bits per heavy atom. The average Bonchev–Trinajstić information content (AvgIpc) is 2.78. The van der Waals surface area contributed by atoms with E-state index in [1.165, 1.54) is 12.1 Å². The van der Waals surface area contributed by atoms with Gasteiger partial charge in [-0.2, -0.15) is 0 Å². The van der Waals surface area contributed by atoms with Crippen LogP contribution in [0.3, 0.4) is 0 Å². The minimum atomic E-state index is -1.83. The first-order chi connectivity index (χ1) is 15.2. The van der Waals surface area contributed by atoms with Crippen molar-refractivity contribution < 1.29 is 58.9 Å². The summed E-state index contributed by atoms with van der Waals surface area (Å²) in [5, 5.41) is 70.8. The summed E-state index contributed by atoms with van der Waals surface area (Å²) >= 11 is 0. The van der Waals surface area contributed by atoms with Crippen molar-refractivity contribution in [2.24, 2.45) is 0 Å². The van der Waals surface area contributed by atoms with E-state index >= 15 is 0 Å². The normalized spacial score (nSPS) is 40.1. The van der Waals surface area contributed by atoms with Gasteiger partial charge in [0.05, 0.1) is 11.5 Å². The van der Waals surface area contributed by atoms with Crippen LogP contribution in [0.15, 0.2) is 24.3 Å². The van der Waals surface area contributed by atoms with Gasteiger partial charge in [-0.1, -0.05) is 0 Å². The van der Waals surface area contributed by atoms with Crippen LogP contribution in [0.4, 0.5) is 10.1 Å². The van der Waals surface area contributed by atoms with Gasteiger partial charge in [-0.05, 0) is 12.1 Å². The fourth-order valence-corrected chi connectivity index (χ4v) is 3.40. The summed E-state index contributed by atoms with van der Waals surface area (Å²) in [7, 11) is 0. The first kappa shape index (κ1) is 24.6. The number of non-ortho nitro benzene ring substituents is 1.